The van der Waals surface area contributed by atoms with E-state index in [2.05, 4.69) is 27.3 Å². The first kappa shape index (κ1) is 41.4. The number of pyridine rings is 1. The lowest BCUT2D eigenvalue weighted by Crippen LogP contribution is -2.60. The fourth-order valence-electron chi connectivity index (χ4n) is 8.11. The van der Waals surface area contributed by atoms with Gasteiger partial charge in [0.15, 0.2) is 11.6 Å². The van der Waals surface area contributed by atoms with Crippen LogP contribution in [0.2, 0.25) is 0 Å². The Kier molecular flexibility index (Phi) is 12.1. The van der Waals surface area contributed by atoms with E-state index in [0.29, 0.717) is 36.5 Å². The topological polar surface area (TPSA) is 192 Å². The van der Waals surface area contributed by atoms with Crippen molar-refractivity contribution < 1.29 is 50.9 Å². The van der Waals surface area contributed by atoms with Crippen molar-refractivity contribution in [2.45, 2.75) is 120 Å². The summed E-state index contributed by atoms with van der Waals surface area (Å²) in [6, 6.07) is 2.03. The van der Waals surface area contributed by atoms with E-state index in [1.165, 1.54) is 37.4 Å². The molecule has 2 aromatic rings. The molecule has 17 heteroatoms. The van der Waals surface area contributed by atoms with Gasteiger partial charge in [-0.15, -0.1) is 0 Å². The number of nitrogens with zero attached hydrogens (tertiary/aromatic N) is 2. The van der Waals surface area contributed by atoms with Gasteiger partial charge in [0.1, 0.15) is 29.3 Å². The molecule has 0 spiro atoms. The number of carbonyl (C=O) groups excluding carboxylic acids is 4. The van der Waals surface area contributed by atoms with Crippen LogP contribution in [0, 0.1) is 23.6 Å². The monoisotopic (exact) mass is 803 g/mol. The Bertz CT molecular complexity index is 1940. The molecular weight excluding hydrogens is 750 g/mol. The number of carbonyl (C=O) groups is 4. The van der Waals surface area contributed by atoms with Crippen LogP contribution in [-0.4, -0.2) is 104 Å². The predicted octanol–water partition coefficient (Wildman–Crippen LogP) is 3.97. The fraction of sp³-hybridized carbons (Fsp3) is 0.667. The van der Waals surface area contributed by atoms with Crippen molar-refractivity contribution in [1.82, 2.24) is 25.2 Å². The van der Waals surface area contributed by atoms with Gasteiger partial charge in [-0.3, -0.25) is 19.1 Å². The quantitative estimate of drug-likeness (QED) is 0.333. The molecule has 7 atom stereocenters. The predicted molar refractivity (Wildman–Crippen MR) is 203 cm³/mol. The molecule has 0 radical (unpaired) electrons. The minimum Gasteiger partial charge on any atom is -0.494 e. The van der Waals surface area contributed by atoms with Gasteiger partial charge >= 0.3 is 6.09 Å². The van der Waals surface area contributed by atoms with Crippen molar-refractivity contribution >= 4 is 44.6 Å². The second kappa shape index (κ2) is 16.3. The number of rotatable bonds is 9. The average Bonchev–Trinajstić information content (AvgIpc) is 4.04. The third kappa shape index (κ3) is 9.30. The van der Waals surface area contributed by atoms with Crippen LogP contribution in [0.3, 0.4) is 0 Å². The summed E-state index contributed by atoms with van der Waals surface area (Å²) in [7, 11) is -1.04. The summed E-state index contributed by atoms with van der Waals surface area (Å²) < 4.78 is 65.6. The molecule has 3 N–H and O–H groups in total. The number of ether oxygens (including phenoxy) is 4. The van der Waals surface area contributed by atoms with E-state index in [4.69, 9.17) is 18.9 Å². The number of methoxy groups -OCH3 is 2. The molecule has 2 saturated carbocycles. The van der Waals surface area contributed by atoms with Gasteiger partial charge in [-0.05, 0) is 88.3 Å². The summed E-state index contributed by atoms with van der Waals surface area (Å²) >= 11 is 0. The molecule has 0 unspecified atom stereocenters. The van der Waals surface area contributed by atoms with Crippen LogP contribution in [0.5, 0.6) is 11.6 Å². The van der Waals surface area contributed by atoms with Gasteiger partial charge in [0.25, 0.3) is 5.91 Å². The third-order valence-electron chi connectivity index (χ3n) is 11.2. The Hall–Kier alpha value is -4.25. The molecule has 4 aliphatic rings. The number of nitrogens with one attached hydrogen (secondary N) is 3. The smallest absolute Gasteiger partial charge is 0.408 e. The number of amides is 4. The standard InChI is InChI=1S/C39H54FN5O10S/c1-22-9-7-8-10-25-19-39(25,36(48)44-56(50,51)27-11-12-27)43-33(46)30-17-26(54-34-28-18-29(40)31(53-6)16-23(28)13-14-41-34)20-45(30)35(47)32(24(15-22)21-52-5)42-37(49)55-38(2,3)4/h13-14,16,18,22,24-27,30,32H,7-12,15,17,19-21H2,1-6H3,(H,42,49)(H,43,46)(H,44,48)/t22-,24+,25-,26-,30+,32+,39-/m1/s1. The number of aromatic nitrogens is 1. The highest BCUT2D eigenvalue weighted by atomic mass is 32.2. The fourth-order valence-corrected chi connectivity index (χ4v) is 9.47. The average molecular weight is 804 g/mol. The number of hydrogen-bond donors (Lipinski definition) is 3. The van der Waals surface area contributed by atoms with Gasteiger partial charge < -0.3 is 34.5 Å². The molecule has 15 nitrogen and oxygen atoms in total. The molecule has 2 aliphatic carbocycles. The molecular formula is C39H54FN5O10S. The van der Waals surface area contributed by atoms with Gasteiger partial charge in [-0.25, -0.2) is 22.6 Å². The van der Waals surface area contributed by atoms with Crippen molar-refractivity contribution in [2.24, 2.45) is 17.8 Å². The molecule has 2 aliphatic heterocycles. The summed E-state index contributed by atoms with van der Waals surface area (Å²) in [5.74, 6) is -3.29. The largest absolute Gasteiger partial charge is 0.494 e. The van der Waals surface area contributed by atoms with Crippen molar-refractivity contribution in [3.8, 4) is 11.6 Å². The normalized spacial score (nSPS) is 28.9. The maximum atomic E-state index is 14.9. The Morgan fingerprint density at radius 2 is 1.82 bits per heavy atom. The molecule has 56 heavy (non-hydrogen) atoms. The van der Waals surface area contributed by atoms with Gasteiger partial charge in [-0.1, -0.05) is 26.2 Å². The van der Waals surface area contributed by atoms with Crippen LogP contribution >= 0.6 is 0 Å². The Labute approximate surface area is 327 Å². The summed E-state index contributed by atoms with van der Waals surface area (Å²) in [6.45, 7) is 7.18. The Balaban J connectivity index is 1.37. The second-order valence-electron chi connectivity index (χ2n) is 16.8. The van der Waals surface area contributed by atoms with Crippen LogP contribution in [0.15, 0.2) is 24.4 Å². The van der Waals surface area contributed by atoms with E-state index in [-0.39, 0.29) is 49.5 Å². The number of alkyl carbamates (subject to hydrolysis) is 1. The molecule has 6 rings (SSSR count). The van der Waals surface area contributed by atoms with Crippen molar-refractivity contribution in [1.29, 1.82) is 0 Å². The molecule has 2 saturated heterocycles. The molecule has 3 heterocycles. The number of hydrogen-bond acceptors (Lipinski definition) is 11. The van der Waals surface area contributed by atoms with Crippen LogP contribution < -0.4 is 24.8 Å². The van der Waals surface area contributed by atoms with E-state index in [1.54, 1.807) is 26.8 Å². The summed E-state index contributed by atoms with van der Waals surface area (Å²) in [5.41, 5.74) is -2.36. The molecule has 4 amide bonds. The SMILES string of the molecule is COC[C@@H]1C[C@H](C)CCCC[C@@H]2C[C@@]2(C(=O)NS(=O)(=O)C2CC2)NC(=O)[C@@H]2C[C@@H](Oc3nccc4cc(OC)c(F)cc34)CN2C(=O)[C@H]1NC(=O)OC(C)(C)C. The summed E-state index contributed by atoms with van der Waals surface area (Å²) in [6.07, 6.45) is 4.35. The van der Waals surface area contributed by atoms with Crippen LogP contribution in [0.1, 0.15) is 85.5 Å². The zero-order chi connectivity index (χ0) is 40.6. The lowest BCUT2D eigenvalue weighted by atomic mass is 9.86. The second-order valence-corrected chi connectivity index (χ2v) is 18.8. The first-order valence-electron chi connectivity index (χ1n) is 19.4. The molecule has 1 aromatic heterocycles. The lowest BCUT2D eigenvalue weighted by Gasteiger charge is -2.34. The molecule has 0 bridgehead atoms. The van der Waals surface area contributed by atoms with Crippen molar-refractivity contribution in [2.75, 3.05) is 27.4 Å². The number of fused-ring (bicyclic) bond motifs is 3. The van der Waals surface area contributed by atoms with E-state index in [0.717, 1.165) is 19.3 Å². The Morgan fingerprint density at radius 3 is 2.50 bits per heavy atom. The third-order valence-corrected chi connectivity index (χ3v) is 13.0. The zero-order valence-corrected chi connectivity index (χ0v) is 33.7. The van der Waals surface area contributed by atoms with Gasteiger partial charge in [0, 0.05) is 31.0 Å². The van der Waals surface area contributed by atoms with Crippen LogP contribution in [0.4, 0.5) is 9.18 Å². The molecule has 1 aromatic carbocycles. The van der Waals surface area contributed by atoms with E-state index in [1.807, 2.05) is 0 Å². The van der Waals surface area contributed by atoms with Crippen LogP contribution in [-0.2, 0) is 33.9 Å². The zero-order valence-electron chi connectivity index (χ0n) is 32.9. The Morgan fingerprint density at radius 1 is 1.09 bits per heavy atom. The summed E-state index contributed by atoms with van der Waals surface area (Å²) in [4.78, 5) is 62.3. The lowest BCUT2D eigenvalue weighted by molar-refractivity contribution is -0.142. The first-order valence-corrected chi connectivity index (χ1v) is 20.9. The minimum atomic E-state index is -3.92. The maximum Gasteiger partial charge on any atom is 0.408 e. The molecule has 4 fully saturated rings. The highest BCUT2D eigenvalue weighted by Gasteiger charge is 2.62. The number of halogens is 1. The van der Waals surface area contributed by atoms with E-state index < -0.39 is 80.2 Å². The van der Waals surface area contributed by atoms with Crippen LogP contribution in [0.25, 0.3) is 10.8 Å². The highest BCUT2D eigenvalue weighted by Crippen LogP contribution is 2.48. The van der Waals surface area contributed by atoms with E-state index >= 15 is 0 Å². The van der Waals surface area contributed by atoms with Gasteiger partial charge in [-0.2, -0.15) is 0 Å². The molecule has 308 valence electrons. The number of sulfonamides is 1. The minimum absolute atomic E-state index is 0.0356. The van der Waals surface area contributed by atoms with Gasteiger partial charge in [0.05, 0.1) is 25.5 Å². The van der Waals surface area contributed by atoms with E-state index in [9.17, 15) is 32.0 Å². The van der Waals surface area contributed by atoms with Gasteiger partial charge in [0.2, 0.25) is 27.7 Å². The number of benzene rings is 1. The maximum absolute atomic E-state index is 14.9. The summed E-state index contributed by atoms with van der Waals surface area (Å²) in [5, 5.41) is 5.97. The van der Waals surface area contributed by atoms with Crippen molar-refractivity contribution in [3.05, 3.63) is 30.2 Å². The first-order chi connectivity index (χ1) is 26.4. The van der Waals surface area contributed by atoms with Crippen molar-refractivity contribution in [3.63, 3.8) is 0 Å². The highest BCUT2D eigenvalue weighted by molar-refractivity contribution is 7.91.